The van der Waals surface area contributed by atoms with Crippen molar-refractivity contribution in [2.45, 2.75) is 32.9 Å². The van der Waals surface area contributed by atoms with Gasteiger partial charge in [0.15, 0.2) is 0 Å². The van der Waals surface area contributed by atoms with E-state index < -0.39 is 0 Å². The highest BCUT2D eigenvalue weighted by atomic mass is 16.2. The van der Waals surface area contributed by atoms with E-state index in [0.717, 1.165) is 12.2 Å². The number of carbonyl (C=O) groups is 1. The van der Waals surface area contributed by atoms with E-state index in [1.54, 1.807) is 19.0 Å². The number of nitrogens with zero attached hydrogens (tertiary/aromatic N) is 2. The molecule has 0 radical (unpaired) electrons. The van der Waals surface area contributed by atoms with E-state index in [1.165, 1.54) is 5.56 Å². The molecule has 0 saturated carbocycles. The number of likely N-dealkylation sites (N-methyl/N-ethyl adjacent to an activating group) is 2. The van der Waals surface area contributed by atoms with Gasteiger partial charge in [-0.05, 0) is 38.5 Å². The Kier molecular flexibility index (Phi) is 5.57. The van der Waals surface area contributed by atoms with Crippen LogP contribution in [0.4, 0.5) is 5.69 Å². The van der Waals surface area contributed by atoms with Crippen molar-refractivity contribution in [3.8, 4) is 0 Å². The molecule has 20 heavy (non-hydrogen) atoms. The summed E-state index contributed by atoms with van der Waals surface area (Å²) in [4.78, 5) is 15.3. The molecule has 0 aliphatic rings. The van der Waals surface area contributed by atoms with Gasteiger partial charge in [0.1, 0.15) is 0 Å². The van der Waals surface area contributed by atoms with Crippen LogP contribution in [-0.4, -0.2) is 44.0 Å². The van der Waals surface area contributed by atoms with Gasteiger partial charge in [-0.2, -0.15) is 0 Å². The Hall–Kier alpha value is -1.55. The number of amides is 1. The SMILES string of the molecule is CN(C)C(=O)CN(C)c1ccc(CNC(C)(C)C)cc1. The molecule has 0 bridgehead atoms. The molecule has 4 heteroatoms. The van der Waals surface area contributed by atoms with Crippen LogP contribution >= 0.6 is 0 Å². The van der Waals surface area contributed by atoms with Crippen molar-refractivity contribution in [2.24, 2.45) is 0 Å². The minimum Gasteiger partial charge on any atom is -0.365 e. The first kappa shape index (κ1) is 16.5. The van der Waals surface area contributed by atoms with E-state index in [-0.39, 0.29) is 11.4 Å². The zero-order valence-electron chi connectivity index (χ0n) is 13.5. The summed E-state index contributed by atoms with van der Waals surface area (Å²) in [6, 6.07) is 8.32. The van der Waals surface area contributed by atoms with Crippen LogP contribution in [0.2, 0.25) is 0 Å². The summed E-state index contributed by atoms with van der Waals surface area (Å²) in [5, 5.41) is 3.46. The molecule has 0 atom stereocenters. The van der Waals surface area contributed by atoms with Crippen LogP contribution in [0, 0.1) is 0 Å². The smallest absolute Gasteiger partial charge is 0.241 e. The normalized spacial score (nSPS) is 11.3. The second-order valence-corrected chi connectivity index (χ2v) is 6.41. The third-order valence-corrected chi connectivity index (χ3v) is 3.07. The fraction of sp³-hybridized carbons (Fsp3) is 0.562. The highest BCUT2D eigenvalue weighted by Gasteiger charge is 2.10. The van der Waals surface area contributed by atoms with Crippen molar-refractivity contribution in [1.82, 2.24) is 10.2 Å². The molecule has 112 valence electrons. The fourth-order valence-corrected chi connectivity index (χ4v) is 1.67. The van der Waals surface area contributed by atoms with Crippen molar-refractivity contribution >= 4 is 11.6 Å². The van der Waals surface area contributed by atoms with Gasteiger partial charge in [0.25, 0.3) is 0 Å². The van der Waals surface area contributed by atoms with Gasteiger partial charge in [-0.15, -0.1) is 0 Å². The molecular weight excluding hydrogens is 250 g/mol. The molecule has 0 aliphatic carbocycles. The molecule has 4 nitrogen and oxygen atoms in total. The number of carbonyl (C=O) groups excluding carboxylic acids is 1. The first-order valence-electron chi connectivity index (χ1n) is 6.94. The third kappa shape index (κ3) is 5.61. The van der Waals surface area contributed by atoms with Crippen LogP contribution in [0.5, 0.6) is 0 Å². The third-order valence-electron chi connectivity index (χ3n) is 3.07. The lowest BCUT2D eigenvalue weighted by Crippen LogP contribution is -2.35. The molecule has 0 fully saturated rings. The van der Waals surface area contributed by atoms with Gasteiger partial charge in [-0.1, -0.05) is 12.1 Å². The topological polar surface area (TPSA) is 35.6 Å². The number of hydrogen-bond donors (Lipinski definition) is 1. The zero-order chi connectivity index (χ0) is 15.3. The number of hydrogen-bond acceptors (Lipinski definition) is 3. The average molecular weight is 277 g/mol. The molecule has 1 aromatic rings. The van der Waals surface area contributed by atoms with Crippen molar-refractivity contribution in [2.75, 3.05) is 32.6 Å². The molecule has 0 saturated heterocycles. The van der Waals surface area contributed by atoms with Crippen LogP contribution in [0.25, 0.3) is 0 Å². The van der Waals surface area contributed by atoms with Crippen LogP contribution in [0.3, 0.4) is 0 Å². The Labute approximate surface area is 122 Å². The lowest BCUT2D eigenvalue weighted by atomic mass is 10.1. The largest absolute Gasteiger partial charge is 0.365 e. The molecule has 0 aliphatic heterocycles. The summed E-state index contributed by atoms with van der Waals surface area (Å²) < 4.78 is 0. The Morgan fingerprint density at radius 2 is 1.65 bits per heavy atom. The molecule has 0 heterocycles. The van der Waals surface area contributed by atoms with E-state index >= 15 is 0 Å². The molecule has 0 spiro atoms. The predicted molar refractivity (Wildman–Crippen MR) is 85.0 cm³/mol. The standard InChI is InChI=1S/C16H27N3O/c1-16(2,3)17-11-13-7-9-14(10-8-13)19(6)12-15(20)18(4)5/h7-10,17H,11-12H2,1-6H3. The predicted octanol–water partition coefficient (Wildman–Crippen LogP) is 2.10. The Morgan fingerprint density at radius 1 is 1.10 bits per heavy atom. The number of anilines is 1. The highest BCUT2D eigenvalue weighted by Crippen LogP contribution is 2.14. The Bertz CT molecular complexity index is 432. The van der Waals surface area contributed by atoms with Gasteiger partial charge < -0.3 is 15.1 Å². The van der Waals surface area contributed by atoms with Crippen molar-refractivity contribution < 1.29 is 4.79 Å². The molecule has 1 N–H and O–H groups in total. The van der Waals surface area contributed by atoms with Gasteiger partial charge in [0, 0.05) is 38.9 Å². The van der Waals surface area contributed by atoms with Crippen molar-refractivity contribution in [3.05, 3.63) is 29.8 Å². The van der Waals surface area contributed by atoms with Gasteiger partial charge >= 0.3 is 0 Å². The van der Waals surface area contributed by atoms with Crippen LogP contribution < -0.4 is 10.2 Å². The maximum absolute atomic E-state index is 11.7. The van der Waals surface area contributed by atoms with Gasteiger partial charge in [0.2, 0.25) is 5.91 Å². The summed E-state index contributed by atoms with van der Waals surface area (Å²) in [7, 11) is 5.48. The molecule has 0 aromatic heterocycles. The summed E-state index contributed by atoms with van der Waals surface area (Å²) in [6.07, 6.45) is 0. The quantitative estimate of drug-likeness (QED) is 0.895. The van der Waals surface area contributed by atoms with E-state index in [1.807, 2.05) is 11.9 Å². The molecule has 1 aromatic carbocycles. The molecule has 0 unspecified atom stereocenters. The van der Waals surface area contributed by atoms with E-state index in [2.05, 4.69) is 50.4 Å². The maximum atomic E-state index is 11.7. The summed E-state index contributed by atoms with van der Waals surface area (Å²) >= 11 is 0. The van der Waals surface area contributed by atoms with E-state index in [9.17, 15) is 4.79 Å². The average Bonchev–Trinajstić information content (AvgIpc) is 2.35. The first-order valence-corrected chi connectivity index (χ1v) is 6.94. The summed E-state index contributed by atoms with van der Waals surface area (Å²) in [5.41, 5.74) is 2.42. The molecule has 1 rings (SSSR count). The monoisotopic (exact) mass is 277 g/mol. The number of rotatable bonds is 5. The second-order valence-electron chi connectivity index (χ2n) is 6.41. The van der Waals surface area contributed by atoms with Crippen molar-refractivity contribution in [1.29, 1.82) is 0 Å². The molecular formula is C16H27N3O. The Balaban J connectivity index is 2.59. The molecule has 1 amide bonds. The number of nitrogens with one attached hydrogen (secondary N) is 1. The van der Waals surface area contributed by atoms with Gasteiger partial charge in [-0.3, -0.25) is 4.79 Å². The summed E-state index contributed by atoms with van der Waals surface area (Å²) in [5.74, 6) is 0.103. The van der Waals surface area contributed by atoms with Gasteiger partial charge in [-0.25, -0.2) is 0 Å². The van der Waals surface area contributed by atoms with E-state index in [0.29, 0.717) is 6.54 Å². The first-order chi connectivity index (χ1) is 9.19. The van der Waals surface area contributed by atoms with Gasteiger partial charge in [0.05, 0.1) is 6.54 Å². The lowest BCUT2D eigenvalue weighted by molar-refractivity contribution is -0.127. The fourth-order valence-electron chi connectivity index (χ4n) is 1.67. The van der Waals surface area contributed by atoms with Crippen LogP contribution in [0.15, 0.2) is 24.3 Å². The highest BCUT2D eigenvalue weighted by molar-refractivity contribution is 5.80. The second kappa shape index (κ2) is 6.75. The lowest BCUT2D eigenvalue weighted by Gasteiger charge is -2.22. The zero-order valence-corrected chi connectivity index (χ0v) is 13.5. The van der Waals surface area contributed by atoms with E-state index in [4.69, 9.17) is 0 Å². The van der Waals surface area contributed by atoms with Crippen molar-refractivity contribution in [3.63, 3.8) is 0 Å². The minimum absolute atomic E-state index is 0.103. The Morgan fingerprint density at radius 3 is 2.10 bits per heavy atom. The maximum Gasteiger partial charge on any atom is 0.241 e. The minimum atomic E-state index is 0.103. The van der Waals surface area contributed by atoms with Crippen LogP contribution in [0.1, 0.15) is 26.3 Å². The van der Waals surface area contributed by atoms with Crippen LogP contribution in [-0.2, 0) is 11.3 Å². The number of benzene rings is 1. The summed E-state index contributed by atoms with van der Waals surface area (Å²) in [6.45, 7) is 7.71.